The maximum Gasteiger partial charge on any atom is 0.337 e. The Morgan fingerprint density at radius 2 is 2.21 bits per heavy atom. The Morgan fingerprint density at radius 1 is 1.57 bits per heavy atom. The predicted molar refractivity (Wildman–Crippen MR) is 44.0 cm³/mol. The summed E-state index contributed by atoms with van der Waals surface area (Å²) in [6.45, 7) is -0.246. The van der Waals surface area contributed by atoms with Gasteiger partial charge in [-0.2, -0.15) is 0 Å². The zero-order valence-electron chi connectivity index (χ0n) is 7.08. The lowest BCUT2D eigenvalue weighted by atomic mass is 10.1. The fraction of sp³-hybridized carbons (Fsp3) is 0.250. The van der Waals surface area contributed by atoms with Crippen molar-refractivity contribution in [3.63, 3.8) is 0 Å². The molecule has 1 aromatic rings. The fourth-order valence-electron chi connectivity index (χ4n) is 1.10. The first kappa shape index (κ1) is 10.5. The van der Waals surface area contributed by atoms with Gasteiger partial charge in [0.05, 0.1) is 5.56 Å². The van der Waals surface area contributed by atoms with Crippen LogP contribution < -0.4 is 5.73 Å². The molecule has 0 unspecified atom stereocenters. The second-order valence-corrected chi connectivity index (χ2v) is 2.56. The van der Waals surface area contributed by atoms with E-state index in [4.69, 9.17) is 10.8 Å². The van der Waals surface area contributed by atoms with E-state index in [0.717, 1.165) is 12.4 Å². The molecule has 76 valence electrons. The van der Waals surface area contributed by atoms with Crippen LogP contribution in [-0.4, -0.2) is 16.1 Å². The van der Waals surface area contributed by atoms with E-state index in [9.17, 15) is 13.6 Å². The highest BCUT2D eigenvalue weighted by Crippen LogP contribution is 2.23. The number of hydrogen-bond acceptors (Lipinski definition) is 3. The third-order valence-corrected chi connectivity index (χ3v) is 1.76. The average molecular weight is 202 g/mol. The van der Waals surface area contributed by atoms with Gasteiger partial charge in [-0.3, -0.25) is 4.98 Å². The van der Waals surface area contributed by atoms with Crippen molar-refractivity contribution in [3.8, 4) is 0 Å². The molecule has 3 N–H and O–H groups in total. The molecule has 0 bridgehead atoms. The van der Waals surface area contributed by atoms with E-state index in [2.05, 4.69) is 4.98 Å². The lowest BCUT2D eigenvalue weighted by molar-refractivity contribution is 0.0694. The molecule has 0 radical (unpaired) electrons. The second-order valence-electron chi connectivity index (χ2n) is 2.56. The van der Waals surface area contributed by atoms with Crippen LogP contribution in [0.2, 0.25) is 0 Å². The molecule has 14 heavy (non-hydrogen) atoms. The lowest BCUT2D eigenvalue weighted by Crippen LogP contribution is -2.11. The van der Waals surface area contributed by atoms with Crippen molar-refractivity contribution in [2.24, 2.45) is 5.73 Å². The molecule has 0 aliphatic heterocycles. The van der Waals surface area contributed by atoms with Crippen LogP contribution in [0.25, 0.3) is 0 Å². The van der Waals surface area contributed by atoms with E-state index in [1.807, 2.05) is 0 Å². The zero-order valence-corrected chi connectivity index (χ0v) is 7.08. The topological polar surface area (TPSA) is 76.2 Å². The van der Waals surface area contributed by atoms with E-state index in [0.29, 0.717) is 0 Å². The first-order valence-corrected chi connectivity index (χ1v) is 3.76. The van der Waals surface area contributed by atoms with Crippen LogP contribution in [0, 0.1) is 0 Å². The second kappa shape index (κ2) is 4.10. The van der Waals surface area contributed by atoms with Crippen molar-refractivity contribution in [3.05, 3.63) is 29.1 Å². The van der Waals surface area contributed by atoms with Gasteiger partial charge in [-0.15, -0.1) is 0 Å². The molecule has 1 heterocycles. The van der Waals surface area contributed by atoms with Crippen LogP contribution in [0.5, 0.6) is 0 Å². The number of carboxylic acids is 1. The molecule has 0 saturated heterocycles. The highest BCUT2D eigenvalue weighted by Gasteiger charge is 2.18. The number of aromatic nitrogens is 1. The molecule has 1 rings (SSSR count). The van der Waals surface area contributed by atoms with Crippen molar-refractivity contribution in [1.29, 1.82) is 0 Å². The Hall–Kier alpha value is -1.56. The van der Waals surface area contributed by atoms with Gasteiger partial charge in [0.15, 0.2) is 0 Å². The number of carbonyl (C=O) groups is 1. The Morgan fingerprint density at radius 3 is 2.64 bits per heavy atom. The van der Waals surface area contributed by atoms with Crippen LogP contribution in [-0.2, 0) is 6.54 Å². The van der Waals surface area contributed by atoms with E-state index < -0.39 is 18.0 Å². The first-order valence-electron chi connectivity index (χ1n) is 3.76. The molecule has 0 aliphatic rings. The van der Waals surface area contributed by atoms with Gasteiger partial charge in [0.25, 0.3) is 6.43 Å². The molecular formula is C8H8F2N2O2. The highest BCUT2D eigenvalue weighted by molar-refractivity contribution is 5.89. The summed E-state index contributed by atoms with van der Waals surface area (Å²) in [7, 11) is 0. The summed E-state index contributed by atoms with van der Waals surface area (Å²) in [6.07, 6.45) is -0.823. The van der Waals surface area contributed by atoms with E-state index in [1.54, 1.807) is 0 Å². The van der Waals surface area contributed by atoms with E-state index in [-0.39, 0.29) is 17.7 Å². The minimum absolute atomic E-state index is 0.0671. The third kappa shape index (κ3) is 1.85. The lowest BCUT2D eigenvalue weighted by Gasteiger charge is -2.08. The van der Waals surface area contributed by atoms with Gasteiger partial charge in [0, 0.05) is 24.5 Å². The molecule has 0 fully saturated rings. The van der Waals surface area contributed by atoms with Gasteiger partial charge in [-0.05, 0) is 5.56 Å². The number of nitrogens with two attached hydrogens (primary N) is 1. The summed E-state index contributed by atoms with van der Waals surface area (Å²) >= 11 is 0. The molecule has 1 aromatic heterocycles. The van der Waals surface area contributed by atoms with Crippen LogP contribution in [0.1, 0.15) is 27.9 Å². The van der Waals surface area contributed by atoms with Crippen LogP contribution in [0.4, 0.5) is 8.78 Å². The molecule has 0 amide bonds. The molecule has 0 saturated carbocycles. The quantitative estimate of drug-likeness (QED) is 0.771. The molecule has 0 aliphatic carbocycles. The van der Waals surface area contributed by atoms with Crippen LogP contribution in [0.15, 0.2) is 12.4 Å². The summed E-state index contributed by atoms with van der Waals surface area (Å²) in [5.74, 6) is -1.31. The number of rotatable bonds is 3. The Kier molecular flexibility index (Phi) is 3.08. The van der Waals surface area contributed by atoms with Crippen molar-refractivity contribution in [2.75, 3.05) is 0 Å². The van der Waals surface area contributed by atoms with Gasteiger partial charge < -0.3 is 10.8 Å². The van der Waals surface area contributed by atoms with Gasteiger partial charge in [-0.1, -0.05) is 0 Å². The van der Waals surface area contributed by atoms with Crippen molar-refractivity contribution >= 4 is 5.97 Å². The van der Waals surface area contributed by atoms with E-state index in [1.165, 1.54) is 0 Å². The molecule has 6 heteroatoms. The smallest absolute Gasteiger partial charge is 0.337 e. The van der Waals surface area contributed by atoms with Crippen LogP contribution in [0.3, 0.4) is 0 Å². The fourth-order valence-corrected chi connectivity index (χ4v) is 1.10. The van der Waals surface area contributed by atoms with Gasteiger partial charge in [0.1, 0.15) is 0 Å². The minimum atomic E-state index is -2.76. The predicted octanol–water partition coefficient (Wildman–Crippen LogP) is 1.18. The Labute approximate surface area is 78.4 Å². The van der Waals surface area contributed by atoms with Crippen molar-refractivity contribution in [1.82, 2.24) is 4.98 Å². The molecule has 0 spiro atoms. The molecular weight excluding hydrogens is 194 g/mol. The van der Waals surface area contributed by atoms with Crippen molar-refractivity contribution < 1.29 is 18.7 Å². The van der Waals surface area contributed by atoms with Gasteiger partial charge in [0.2, 0.25) is 0 Å². The number of aromatic carboxylic acids is 1. The van der Waals surface area contributed by atoms with Gasteiger partial charge in [-0.25, -0.2) is 13.6 Å². The largest absolute Gasteiger partial charge is 0.478 e. The number of alkyl halides is 2. The number of halogens is 2. The van der Waals surface area contributed by atoms with E-state index >= 15 is 0 Å². The highest BCUT2D eigenvalue weighted by atomic mass is 19.3. The normalized spacial score (nSPS) is 10.6. The SMILES string of the molecule is NCc1c(C(=O)O)cncc1C(F)F. The average Bonchev–Trinajstić information content (AvgIpc) is 2.16. The molecule has 0 atom stereocenters. The van der Waals surface area contributed by atoms with Gasteiger partial charge >= 0.3 is 5.97 Å². The third-order valence-electron chi connectivity index (χ3n) is 1.76. The molecule has 4 nitrogen and oxygen atoms in total. The summed E-state index contributed by atoms with van der Waals surface area (Å²) in [5, 5.41) is 8.66. The number of carboxylic acid groups (broad SMARTS) is 1. The standard InChI is InChI=1S/C8H8F2N2O2/c9-7(10)5-2-12-3-6(8(13)14)4(5)1-11/h2-3,7H,1,11H2,(H,13,14). The number of hydrogen-bond donors (Lipinski definition) is 2. The maximum atomic E-state index is 12.4. The van der Waals surface area contributed by atoms with Crippen molar-refractivity contribution in [2.45, 2.75) is 13.0 Å². The summed E-state index contributed by atoms with van der Waals surface area (Å²) in [5.41, 5.74) is 4.44. The van der Waals surface area contributed by atoms with Crippen LogP contribution >= 0.6 is 0 Å². The number of pyridine rings is 1. The first-order chi connectivity index (χ1) is 6.57. The monoisotopic (exact) mass is 202 g/mol. The summed E-state index contributed by atoms with van der Waals surface area (Å²) < 4.78 is 24.7. The Balaban J connectivity index is 3.32. The minimum Gasteiger partial charge on any atom is -0.478 e. The zero-order chi connectivity index (χ0) is 10.7. The Bertz CT molecular complexity index is 355. The summed E-state index contributed by atoms with van der Waals surface area (Å²) in [4.78, 5) is 14.0. The number of nitrogens with zero attached hydrogens (tertiary/aromatic N) is 1. The maximum absolute atomic E-state index is 12.4. The molecule has 0 aromatic carbocycles. The summed E-state index contributed by atoms with van der Waals surface area (Å²) in [6, 6.07) is 0.